The van der Waals surface area contributed by atoms with Crippen molar-refractivity contribution in [2.45, 2.75) is 26.3 Å². The van der Waals surface area contributed by atoms with Gasteiger partial charge in [0.15, 0.2) is 5.82 Å². The second-order valence-electron chi connectivity index (χ2n) is 9.44. The van der Waals surface area contributed by atoms with E-state index in [0.717, 1.165) is 4.70 Å². The highest BCUT2D eigenvalue weighted by Crippen LogP contribution is 2.36. The van der Waals surface area contributed by atoms with Crippen molar-refractivity contribution in [1.82, 2.24) is 19.2 Å². The molecular formula is C27H25ClFN5O4S. The Labute approximate surface area is 232 Å². The van der Waals surface area contributed by atoms with Gasteiger partial charge in [-0.2, -0.15) is 4.37 Å². The van der Waals surface area contributed by atoms with Crippen LogP contribution in [0.3, 0.4) is 0 Å². The molecule has 3 heterocycles. The van der Waals surface area contributed by atoms with Gasteiger partial charge >= 0.3 is 0 Å². The lowest BCUT2D eigenvalue weighted by Gasteiger charge is -2.25. The number of hydrogen-bond donors (Lipinski definition) is 2. The Bertz CT molecular complexity index is 1580. The molecule has 39 heavy (non-hydrogen) atoms. The Morgan fingerprint density at radius 3 is 2.69 bits per heavy atom. The van der Waals surface area contributed by atoms with Gasteiger partial charge < -0.3 is 19.9 Å². The van der Waals surface area contributed by atoms with E-state index >= 15 is 0 Å². The summed E-state index contributed by atoms with van der Waals surface area (Å²) in [5.74, 6) is -2.24. The molecule has 1 atom stereocenters. The highest BCUT2D eigenvalue weighted by atomic mass is 35.5. The molecule has 12 heteroatoms. The topological polar surface area (TPSA) is 115 Å². The summed E-state index contributed by atoms with van der Waals surface area (Å²) in [5.41, 5.74) is 0.951. The summed E-state index contributed by atoms with van der Waals surface area (Å²) < 4.78 is 26.0. The first-order valence-corrected chi connectivity index (χ1v) is 13.4. The van der Waals surface area contributed by atoms with Crippen molar-refractivity contribution in [1.29, 1.82) is 0 Å². The fourth-order valence-corrected chi connectivity index (χ4v) is 5.54. The van der Waals surface area contributed by atoms with Gasteiger partial charge in [-0.25, -0.2) is 9.37 Å². The van der Waals surface area contributed by atoms with Crippen LogP contribution in [0.2, 0.25) is 5.02 Å². The van der Waals surface area contributed by atoms with Gasteiger partial charge in [-0.15, -0.1) is 0 Å². The zero-order valence-corrected chi connectivity index (χ0v) is 22.7. The largest absolute Gasteiger partial charge is 0.381 e. The number of Topliss-reactive ketones (excluding diaryl/α,β-unsaturated/α-hetero) is 1. The second kappa shape index (κ2) is 11.2. The van der Waals surface area contributed by atoms with Crippen LogP contribution in [0.5, 0.6) is 0 Å². The molecule has 0 radical (unpaired) electrons. The summed E-state index contributed by atoms with van der Waals surface area (Å²) in [6.45, 7) is 4.41. The van der Waals surface area contributed by atoms with E-state index in [0.29, 0.717) is 41.4 Å². The van der Waals surface area contributed by atoms with Crippen LogP contribution in [0.1, 0.15) is 52.1 Å². The lowest BCUT2D eigenvalue weighted by atomic mass is 9.96. The fourth-order valence-electron chi connectivity index (χ4n) is 4.48. The molecular weight excluding hydrogens is 545 g/mol. The van der Waals surface area contributed by atoms with Crippen LogP contribution in [0.15, 0.2) is 42.5 Å². The van der Waals surface area contributed by atoms with Crippen molar-refractivity contribution in [3.05, 3.63) is 76.1 Å². The van der Waals surface area contributed by atoms with Gasteiger partial charge in [-0.05, 0) is 48.3 Å². The number of halogens is 2. The average Bonchev–Trinajstić information content (AvgIpc) is 3.45. The van der Waals surface area contributed by atoms with E-state index in [1.807, 2.05) is 18.2 Å². The van der Waals surface area contributed by atoms with Gasteiger partial charge in [0.25, 0.3) is 11.8 Å². The molecule has 1 fully saturated rings. The maximum absolute atomic E-state index is 14.2. The lowest BCUT2D eigenvalue weighted by molar-refractivity contribution is -0.117. The highest BCUT2D eigenvalue weighted by Gasteiger charge is 2.30. The van der Waals surface area contributed by atoms with Crippen LogP contribution >= 0.6 is 23.1 Å². The average molecular weight is 570 g/mol. The number of ether oxygens (including phenoxy) is 1. The van der Waals surface area contributed by atoms with Crippen LogP contribution < -0.4 is 10.6 Å². The molecule has 0 unspecified atom stereocenters. The van der Waals surface area contributed by atoms with Crippen molar-refractivity contribution in [3.8, 4) is 0 Å². The molecule has 2 N–H and O–H groups in total. The number of rotatable bonds is 9. The van der Waals surface area contributed by atoms with Crippen LogP contribution in [-0.4, -0.2) is 51.3 Å². The third-order valence-corrected chi connectivity index (χ3v) is 7.68. The maximum atomic E-state index is 14.2. The SMILES string of the molecule is CC(=O)Cn1c(C(=O)NCC2COC2)nc(NC(=O)c2nsc3ccccc23)c1[C@H](C)c1cc(F)ccc1Cl. The van der Waals surface area contributed by atoms with E-state index in [9.17, 15) is 18.8 Å². The van der Waals surface area contributed by atoms with Crippen LogP contribution in [0.25, 0.3) is 10.1 Å². The smallest absolute Gasteiger partial charge is 0.287 e. The minimum Gasteiger partial charge on any atom is -0.381 e. The summed E-state index contributed by atoms with van der Waals surface area (Å²) in [5, 5.41) is 6.59. The molecule has 2 aromatic carbocycles. The number of aromatic nitrogens is 3. The summed E-state index contributed by atoms with van der Waals surface area (Å²) in [4.78, 5) is 43.5. The van der Waals surface area contributed by atoms with E-state index in [1.54, 1.807) is 13.0 Å². The number of hydrogen-bond acceptors (Lipinski definition) is 7. The minimum atomic E-state index is -0.649. The minimum absolute atomic E-state index is 0.0572. The maximum Gasteiger partial charge on any atom is 0.287 e. The Hall–Kier alpha value is -3.67. The van der Waals surface area contributed by atoms with Gasteiger partial charge in [0, 0.05) is 28.8 Å². The molecule has 0 bridgehead atoms. The summed E-state index contributed by atoms with van der Waals surface area (Å²) in [6.07, 6.45) is 0. The van der Waals surface area contributed by atoms with Gasteiger partial charge in [0.1, 0.15) is 17.3 Å². The number of ketones is 1. The number of benzene rings is 2. The molecule has 0 spiro atoms. The molecule has 2 aromatic heterocycles. The van der Waals surface area contributed by atoms with E-state index in [2.05, 4.69) is 20.0 Å². The number of imidazole rings is 1. The normalized spacial score (nSPS) is 14.2. The number of nitrogens with one attached hydrogen (secondary N) is 2. The summed E-state index contributed by atoms with van der Waals surface area (Å²) in [6, 6.07) is 11.3. The Balaban J connectivity index is 1.59. The number of anilines is 1. The van der Waals surface area contributed by atoms with Crippen molar-refractivity contribution >= 4 is 56.6 Å². The lowest BCUT2D eigenvalue weighted by Crippen LogP contribution is -2.40. The van der Waals surface area contributed by atoms with Gasteiger partial charge in [0.05, 0.1) is 30.2 Å². The van der Waals surface area contributed by atoms with Crippen molar-refractivity contribution in [3.63, 3.8) is 0 Å². The predicted molar refractivity (Wildman–Crippen MR) is 146 cm³/mol. The molecule has 2 amide bonds. The molecule has 0 aliphatic carbocycles. The quantitative estimate of drug-likeness (QED) is 0.303. The Morgan fingerprint density at radius 2 is 1.97 bits per heavy atom. The van der Waals surface area contributed by atoms with Crippen LogP contribution in [-0.2, 0) is 16.1 Å². The molecule has 1 aliphatic rings. The third-order valence-electron chi connectivity index (χ3n) is 6.51. The van der Waals surface area contributed by atoms with Crippen molar-refractivity contribution < 1.29 is 23.5 Å². The molecule has 1 saturated heterocycles. The number of carbonyl (C=O) groups is 3. The fraction of sp³-hybridized carbons (Fsp3) is 0.296. The van der Waals surface area contributed by atoms with Crippen LogP contribution in [0.4, 0.5) is 10.2 Å². The van der Waals surface area contributed by atoms with E-state index in [4.69, 9.17) is 16.3 Å². The molecule has 4 aromatic rings. The van der Waals surface area contributed by atoms with Gasteiger partial charge in [-0.1, -0.05) is 36.7 Å². The standard InChI is InChI=1S/C27H25ClFN5O4S/c1-14(35)11-34-23(15(2)19-9-17(29)7-8-20(19)28)24(31-25(34)27(37)30-10-16-12-38-13-16)32-26(36)22-18-5-3-4-6-21(18)39-33-22/h3-9,15-16H,10-13H2,1-2H3,(H,30,37)(H,32,36)/t15-/m1/s1. The van der Waals surface area contributed by atoms with Crippen molar-refractivity contribution in [2.75, 3.05) is 25.1 Å². The van der Waals surface area contributed by atoms with Gasteiger partial charge in [0.2, 0.25) is 5.82 Å². The van der Waals surface area contributed by atoms with Crippen LogP contribution in [0, 0.1) is 11.7 Å². The summed E-state index contributed by atoms with van der Waals surface area (Å²) in [7, 11) is 0. The third kappa shape index (κ3) is 5.56. The highest BCUT2D eigenvalue weighted by molar-refractivity contribution is 7.13. The van der Waals surface area contributed by atoms with E-state index < -0.39 is 23.5 Å². The molecule has 9 nitrogen and oxygen atoms in total. The first-order valence-electron chi connectivity index (χ1n) is 12.3. The Morgan fingerprint density at radius 1 is 1.21 bits per heavy atom. The zero-order valence-electron chi connectivity index (χ0n) is 21.2. The van der Waals surface area contributed by atoms with E-state index in [-0.39, 0.29) is 35.6 Å². The second-order valence-corrected chi connectivity index (χ2v) is 10.7. The molecule has 202 valence electrons. The first kappa shape index (κ1) is 26.9. The van der Waals surface area contributed by atoms with E-state index in [1.165, 1.54) is 41.2 Å². The molecule has 1 aliphatic heterocycles. The number of nitrogens with zero attached hydrogens (tertiary/aromatic N) is 3. The Kier molecular flexibility index (Phi) is 7.74. The summed E-state index contributed by atoms with van der Waals surface area (Å²) >= 11 is 7.62. The predicted octanol–water partition coefficient (Wildman–Crippen LogP) is 4.65. The molecule has 0 saturated carbocycles. The number of fused-ring (bicyclic) bond motifs is 1. The number of carbonyl (C=O) groups excluding carboxylic acids is 3. The first-order chi connectivity index (χ1) is 18.7. The molecule has 5 rings (SSSR count). The number of amides is 2. The van der Waals surface area contributed by atoms with Gasteiger partial charge in [-0.3, -0.25) is 14.4 Å². The monoisotopic (exact) mass is 569 g/mol. The zero-order chi connectivity index (χ0) is 27.7. The van der Waals surface area contributed by atoms with Crippen molar-refractivity contribution in [2.24, 2.45) is 5.92 Å².